The van der Waals surface area contributed by atoms with Crippen molar-refractivity contribution in [2.75, 3.05) is 18.0 Å². The van der Waals surface area contributed by atoms with Crippen LogP contribution in [0.1, 0.15) is 44.9 Å². The van der Waals surface area contributed by atoms with Gasteiger partial charge in [-0.1, -0.05) is 0 Å². The number of aromatic nitrogens is 2. The first kappa shape index (κ1) is 17.3. The van der Waals surface area contributed by atoms with Crippen LogP contribution in [0.3, 0.4) is 0 Å². The SMILES string of the molecule is Cc1nc(N2CCC[C@@H](NC(=O)OC(C)(C)C)C2)[nH]c(=O)c1C. The average Bonchev–Trinajstić information content (AvgIpc) is 2.42. The molecule has 1 aromatic heterocycles. The van der Waals surface area contributed by atoms with Crippen molar-refractivity contribution >= 4 is 12.0 Å². The second-order valence-corrected chi connectivity index (χ2v) is 7.03. The van der Waals surface area contributed by atoms with E-state index in [-0.39, 0.29) is 11.6 Å². The van der Waals surface area contributed by atoms with Crippen molar-refractivity contribution in [2.24, 2.45) is 0 Å². The number of anilines is 1. The van der Waals surface area contributed by atoms with Gasteiger partial charge in [0.1, 0.15) is 5.60 Å². The van der Waals surface area contributed by atoms with Crippen molar-refractivity contribution in [3.05, 3.63) is 21.6 Å². The molecular weight excluding hydrogens is 296 g/mol. The molecular formula is C16H26N4O3. The predicted octanol–water partition coefficient (Wildman–Crippen LogP) is 1.88. The molecule has 1 fully saturated rings. The minimum Gasteiger partial charge on any atom is -0.444 e. The largest absolute Gasteiger partial charge is 0.444 e. The molecule has 2 heterocycles. The molecule has 0 bridgehead atoms. The van der Waals surface area contributed by atoms with Crippen LogP contribution < -0.4 is 15.8 Å². The number of amides is 1. The second-order valence-electron chi connectivity index (χ2n) is 7.03. The standard InChI is InChI=1S/C16H26N4O3/c1-10-11(2)17-14(19-13(10)21)20-8-6-7-12(9-20)18-15(22)23-16(3,4)5/h12H,6-9H2,1-5H3,(H,18,22)(H,17,19,21)/t12-/m1/s1. The van der Waals surface area contributed by atoms with E-state index in [4.69, 9.17) is 4.74 Å². The number of rotatable bonds is 2. The van der Waals surface area contributed by atoms with E-state index in [0.29, 0.717) is 18.1 Å². The highest BCUT2D eigenvalue weighted by atomic mass is 16.6. The third-order valence-electron chi connectivity index (χ3n) is 3.82. The number of hydrogen-bond acceptors (Lipinski definition) is 5. The predicted molar refractivity (Wildman–Crippen MR) is 88.9 cm³/mol. The average molecular weight is 322 g/mol. The molecule has 128 valence electrons. The molecule has 23 heavy (non-hydrogen) atoms. The van der Waals surface area contributed by atoms with Crippen molar-refractivity contribution < 1.29 is 9.53 Å². The van der Waals surface area contributed by atoms with E-state index in [1.54, 1.807) is 6.92 Å². The highest BCUT2D eigenvalue weighted by molar-refractivity contribution is 5.68. The maximum absolute atomic E-state index is 11.9. The molecule has 2 N–H and O–H groups in total. The summed E-state index contributed by atoms with van der Waals surface area (Å²) in [5.41, 5.74) is 0.731. The number of aromatic amines is 1. The zero-order valence-corrected chi connectivity index (χ0v) is 14.5. The lowest BCUT2D eigenvalue weighted by Crippen LogP contribution is -2.49. The number of hydrogen-bond donors (Lipinski definition) is 2. The first-order chi connectivity index (χ1) is 10.7. The van der Waals surface area contributed by atoms with E-state index >= 15 is 0 Å². The van der Waals surface area contributed by atoms with Gasteiger partial charge in [0.25, 0.3) is 5.56 Å². The molecule has 1 saturated heterocycles. The van der Waals surface area contributed by atoms with E-state index in [1.807, 2.05) is 32.6 Å². The highest BCUT2D eigenvalue weighted by Gasteiger charge is 2.25. The lowest BCUT2D eigenvalue weighted by molar-refractivity contribution is 0.0500. The van der Waals surface area contributed by atoms with Gasteiger partial charge in [0, 0.05) is 30.4 Å². The van der Waals surface area contributed by atoms with Crippen LogP contribution in [0.4, 0.5) is 10.7 Å². The van der Waals surface area contributed by atoms with Crippen LogP contribution in [-0.4, -0.2) is 40.8 Å². The van der Waals surface area contributed by atoms with Crippen LogP contribution in [0.5, 0.6) is 0 Å². The molecule has 0 radical (unpaired) electrons. The van der Waals surface area contributed by atoms with Crippen LogP contribution in [0, 0.1) is 13.8 Å². The molecule has 1 atom stereocenters. The van der Waals surface area contributed by atoms with Gasteiger partial charge in [0.15, 0.2) is 0 Å². The summed E-state index contributed by atoms with van der Waals surface area (Å²) in [7, 11) is 0. The number of aryl methyl sites for hydroxylation is 1. The van der Waals surface area contributed by atoms with Gasteiger partial charge in [-0.3, -0.25) is 9.78 Å². The summed E-state index contributed by atoms with van der Waals surface area (Å²) in [6.07, 6.45) is 1.38. The monoisotopic (exact) mass is 322 g/mol. The Kier molecular flexibility index (Phi) is 4.97. The number of nitrogens with zero attached hydrogens (tertiary/aromatic N) is 2. The third-order valence-corrected chi connectivity index (χ3v) is 3.82. The number of nitrogens with one attached hydrogen (secondary N) is 2. The van der Waals surface area contributed by atoms with Crippen molar-refractivity contribution in [3.63, 3.8) is 0 Å². The molecule has 2 rings (SSSR count). The maximum atomic E-state index is 11.9. The minimum atomic E-state index is -0.515. The fourth-order valence-electron chi connectivity index (χ4n) is 2.54. The molecule has 0 spiro atoms. The first-order valence-electron chi connectivity index (χ1n) is 7.97. The van der Waals surface area contributed by atoms with Gasteiger partial charge < -0.3 is 15.0 Å². The lowest BCUT2D eigenvalue weighted by Gasteiger charge is -2.34. The Hall–Kier alpha value is -2.05. The quantitative estimate of drug-likeness (QED) is 0.868. The van der Waals surface area contributed by atoms with Gasteiger partial charge in [-0.25, -0.2) is 9.78 Å². The van der Waals surface area contributed by atoms with Gasteiger partial charge >= 0.3 is 6.09 Å². The normalized spacial score (nSPS) is 18.7. The summed E-state index contributed by atoms with van der Waals surface area (Å²) in [5, 5.41) is 2.89. The van der Waals surface area contributed by atoms with Crippen molar-refractivity contribution in [3.8, 4) is 0 Å². The maximum Gasteiger partial charge on any atom is 0.407 e. The molecule has 1 aliphatic rings. The number of piperidine rings is 1. The van der Waals surface area contributed by atoms with Gasteiger partial charge in [-0.15, -0.1) is 0 Å². The van der Waals surface area contributed by atoms with Crippen molar-refractivity contribution in [1.82, 2.24) is 15.3 Å². The van der Waals surface area contributed by atoms with Crippen LogP contribution in [-0.2, 0) is 4.74 Å². The fraction of sp³-hybridized carbons (Fsp3) is 0.688. The summed E-state index contributed by atoms with van der Waals surface area (Å²) in [5.74, 6) is 0.564. The number of carbonyl (C=O) groups excluding carboxylic acids is 1. The number of ether oxygens (including phenoxy) is 1. The molecule has 7 heteroatoms. The summed E-state index contributed by atoms with van der Waals surface area (Å²) in [6, 6.07) is -0.0227. The Labute approximate surface area is 136 Å². The Morgan fingerprint density at radius 1 is 1.39 bits per heavy atom. The number of carbonyl (C=O) groups is 1. The molecule has 0 saturated carbocycles. The zero-order chi connectivity index (χ0) is 17.2. The van der Waals surface area contributed by atoms with Gasteiger partial charge in [-0.2, -0.15) is 0 Å². The summed E-state index contributed by atoms with van der Waals surface area (Å²) < 4.78 is 5.29. The zero-order valence-electron chi connectivity index (χ0n) is 14.5. The molecule has 7 nitrogen and oxygen atoms in total. The summed E-state index contributed by atoms with van der Waals surface area (Å²) >= 11 is 0. The van der Waals surface area contributed by atoms with E-state index in [9.17, 15) is 9.59 Å². The smallest absolute Gasteiger partial charge is 0.407 e. The molecule has 0 unspecified atom stereocenters. The van der Waals surface area contributed by atoms with Crippen molar-refractivity contribution in [1.29, 1.82) is 0 Å². The summed E-state index contributed by atoms with van der Waals surface area (Å²) in [4.78, 5) is 33.1. The molecule has 0 aromatic carbocycles. The fourth-order valence-corrected chi connectivity index (χ4v) is 2.54. The topological polar surface area (TPSA) is 87.3 Å². The second kappa shape index (κ2) is 6.60. The third kappa shape index (κ3) is 4.71. The van der Waals surface area contributed by atoms with Gasteiger partial charge in [-0.05, 0) is 47.5 Å². The van der Waals surface area contributed by atoms with Crippen LogP contribution in [0.25, 0.3) is 0 Å². The Morgan fingerprint density at radius 2 is 2.09 bits per heavy atom. The van der Waals surface area contributed by atoms with E-state index < -0.39 is 11.7 Å². The lowest BCUT2D eigenvalue weighted by atomic mass is 10.1. The van der Waals surface area contributed by atoms with Crippen LogP contribution in [0.15, 0.2) is 4.79 Å². The molecule has 0 aliphatic carbocycles. The van der Waals surface area contributed by atoms with Crippen LogP contribution in [0.2, 0.25) is 0 Å². The summed E-state index contributed by atoms with van der Waals surface area (Å²) in [6.45, 7) is 10.5. The highest BCUT2D eigenvalue weighted by Crippen LogP contribution is 2.16. The van der Waals surface area contributed by atoms with E-state index in [0.717, 1.165) is 25.1 Å². The van der Waals surface area contributed by atoms with Gasteiger partial charge in [0.05, 0.1) is 0 Å². The Bertz CT molecular complexity index is 633. The van der Waals surface area contributed by atoms with Crippen LogP contribution >= 0.6 is 0 Å². The molecule has 1 aromatic rings. The van der Waals surface area contributed by atoms with E-state index in [2.05, 4.69) is 15.3 Å². The van der Waals surface area contributed by atoms with Gasteiger partial charge in [0.2, 0.25) is 5.95 Å². The minimum absolute atomic E-state index is 0.0227. The molecule has 1 amide bonds. The first-order valence-corrected chi connectivity index (χ1v) is 7.97. The Balaban J connectivity index is 2.04. The Morgan fingerprint density at radius 3 is 2.70 bits per heavy atom. The van der Waals surface area contributed by atoms with E-state index in [1.165, 1.54) is 0 Å². The molecule has 1 aliphatic heterocycles. The van der Waals surface area contributed by atoms with Crippen molar-refractivity contribution in [2.45, 2.75) is 59.1 Å². The number of H-pyrrole nitrogens is 1. The number of alkyl carbamates (subject to hydrolysis) is 1.